The van der Waals surface area contributed by atoms with Crippen LogP contribution in [0.15, 0.2) is 46.9 Å². The highest BCUT2D eigenvalue weighted by atomic mass is 32.2. The number of rotatable bonds is 3. The summed E-state index contributed by atoms with van der Waals surface area (Å²) in [4.78, 5) is 1.37. The first kappa shape index (κ1) is 8.89. The van der Waals surface area contributed by atoms with Gasteiger partial charge >= 0.3 is 0 Å². The van der Waals surface area contributed by atoms with Crippen LogP contribution in [0.4, 0.5) is 0 Å². The van der Waals surface area contributed by atoms with Crippen LogP contribution in [0.2, 0.25) is 0 Å². The van der Waals surface area contributed by atoms with E-state index in [0.717, 1.165) is 0 Å². The molecule has 0 spiro atoms. The van der Waals surface area contributed by atoms with Gasteiger partial charge in [-0.3, -0.25) is 0 Å². The summed E-state index contributed by atoms with van der Waals surface area (Å²) in [5.41, 5.74) is 1.64. The van der Waals surface area contributed by atoms with Crippen LogP contribution >= 0.6 is 11.8 Å². The molecule has 1 heteroatoms. The minimum Gasteiger partial charge on any atom is -0.119 e. The maximum Gasteiger partial charge on any atom is 0.0248 e. The van der Waals surface area contributed by atoms with Crippen molar-refractivity contribution in [3.05, 3.63) is 42.0 Å². The van der Waals surface area contributed by atoms with Crippen LogP contribution in [-0.2, 0) is 0 Å². The maximum atomic E-state index is 2.40. The Hall–Kier alpha value is -0.690. The molecule has 0 bridgehead atoms. The average Bonchev–Trinajstić information content (AvgIpc) is 2.90. The van der Waals surface area contributed by atoms with Crippen LogP contribution in [0.3, 0.4) is 0 Å². The van der Waals surface area contributed by atoms with Crippen molar-refractivity contribution in [1.82, 2.24) is 0 Å². The van der Waals surface area contributed by atoms with Gasteiger partial charge in [-0.2, -0.15) is 0 Å². The quantitative estimate of drug-likeness (QED) is 0.515. The van der Waals surface area contributed by atoms with Crippen LogP contribution < -0.4 is 0 Å². The maximum absolute atomic E-state index is 2.40. The van der Waals surface area contributed by atoms with E-state index in [1.54, 1.807) is 5.57 Å². The molecular weight excluding hydrogens is 176 g/mol. The van der Waals surface area contributed by atoms with E-state index in [1.165, 1.54) is 17.7 Å². The lowest BCUT2D eigenvalue weighted by atomic mass is 10.4. The highest BCUT2D eigenvalue weighted by Gasteiger charge is 2.12. The van der Waals surface area contributed by atoms with E-state index in [-0.39, 0.29) is 0 Å². The molecule has 13 heavy (non-hydrogen) atoms. The van der Waals surface area contributed by atoms with Crippen LogP contribution in [0.25, 0.3) is 0 Å². The molecule has 1 aliphatic rings. The molecule has 1 saturated carbocycles. The molecule has 0 heterocycles. The fourth-order valence-corrected chi connectivity index (χ4v) is 2.32. The molecule has 0 radical (unpaired) electrons. The minimum absolute atomic E-state index is 0.625. The third-order valence-electron chi connectivity index (χ3n) is 2.07. The molecule has 1 aromatic rings. The monoisotopic (exact) mass is 190 g/mol. The molecule has 0 amide bonds. The van der Waals surface area contributed by atoms with Crippen molar-refractivity contribution in [3.63, 3.8) is 0 Å². The summed E-state index contributed by atoms with van der Waals surface area (Å²) in [7, 11) is 0. The standard InChI is InChI=1S/C12H14S/c1-10(9-11-7-8-11)13-12-5-3-2-4-6-12/h2-6,9-10H,7-8H2,1H3. The predicted octanol–water partition coefficient (Wildman–Crippen LogP) is 3.89. The van der Waals surface area contributed by atoms with Gasteiger partial charge in [-0.1, -0.05) is 29.8 Å². The van der Waals surface area contributed by atoms with E-state index in [1.807, 2.05) is 11.8 Å². The molecular formula is C12H14S. The molecule has 0 nitrogen and oxygen atoms in total. The fraction of sp³-hybridized carbons (Fsp3) is 0.333. The van der Waals surface area contributed by atoms with Crippen molar-refractivity contribution in [2.75, 3.05) is 0 Å². The van der Waals surface area contributed by atoms with Crippen LogP contribution in [-0.4, -0.2) is 5.25 Å². The number of hydrogen-bond donors (Lipinski definition) is 0. The van der Waals surface area contributed by atoms with Gasteiger partial charge in [0.15, 0.2) is 0 Å². The van der Waals surface area contributed by atoms with E-state index >= 15 is 0 Å². The van der Waals surface area contributed by atoms with E-state index < -0.39 is 0 Å². The summed E-state index contributed by atoms with van der Waals surface area (Å²) in [6.45, 7) is 2.27. The molecule has 0 saturated heterocycles. The summed E-state index contributed by atoms with van der Waals surface area (Å²) in [6, 6.07) is 10.6. The molecule has 1 unspecified atom stereocenters. The molecule has 1 aliphatic carbocycles. The summed E-state index contributed by atoms with van der Waals surface area (Å²) < 4.78 is 0. The van der Waals surface area contributed by atoms with Gasteiger partial charge in [0.1, 0.15) is 0 Å². The molecule has 0 aliphatic heterocycles. The van der Waals surface area contributed by atoms with Crippen LogP contribution in [0.1, 0.15) is 19.8 Å². The third kappa shape index (κ3) is 2.92. The van der Waals surface area contributed by atoms with Gasteiger partial charge in [0.2, 0.25) is 0 Å². The number of thioether (sulfide) groups is 1. The van der Waals surface area contributed by atoms with Crippen molar-refractivity contribution in [2.45, 2.75) is 29.9 Å². The molecule has 1 aromatic carbocycles. The average molecular weight is 190 g/mol. The lowest BCUT2D eigenvalue weighted by Gasteiger charge is -2.04. The van der Waals surface area contributed by atoms with Gasteiger partial charge < -0.3 is 0 Å². The van der Waals surface area contributed by atoms with Gasteiger partial charge in [0.25, 0.3) is 0 Å². The molecule has 2 rings (SSSR count). The Labute approximate surface area is 84.0 Å². The van der Waals surface area contributed by atoms with E-state index in [9.17, 15) is 0 Å². The van der Waals surface area contributed by atoms with Crippen LogP contribution in [0.5, 0.6) is 0 Å². The highest BCUT2D eigenvalue weighted by molar-refractivity contribution is 8.00. The van der Waals surface area contributed by atoms with Crippen LogP contribution in [0, 0.1) is 0 Å². The zero-order valence-electron chi connectivity index (χ0n) is 7.86. The Bertz CT molecular complexity index is 294. The first-order valence-electron chi connectivity index (χ1n) is 4.76. The van der Waals surface area contributed by atoms with E-state index in [4.69, 9.17) is 0 Å². The number of benzene rings is 1. The van der Waals surface area contributed by atoms with Gasteiger partial charge in [-0.05, 0) is 31.9 Å². The SMILES string of the molecule is CC(C=C1CC1)Sc1ccccc1. The van der Waals surface area contributed by atoms with Gasteiger partial charge in [-0.25, -0.2) is 0 Å². The first-order chi connectivity index (χ1) is 6.34. The van der Waals surface area contributed by atoms with Crippen molar-refractivity contribution in [2.24, 2.45) is 0 Å². The molecule has 68 valence electrons. The fourth-order valence-electron chi connectivity index (χ4n) is 1.32. The molecule has 1 fully saturated rings. The zero-order valence-corrected chi connectivity index (χ0v) is 8.68. The second-order valence-electron chi connectivity index (χ2n) is 3.46. The largest absolute Gasteiger partial charge is 0.119 e. The van der Waals surface area contributed by atoms with Gasteiger partial charge in [0.05, 0.1) is 0 Å². The smallest absolute Gasteiger partial charge is 0.0248 e. The summed E-state index contributed by atoms with van der Waals surface area (Å²) in [5, 5.41) is 0.625. The first-order valence-corrected chi connectivity index (χ1v) is 5.64. The Balaban J connectivity index is 1.94. The zero-order chi connectivity index (χ0) is 9.10. The Morgan fingerprint density at radius 1 is 1.23 bits per heavy atom. The summed E-state index contributed by atoms with van der Waals surface area (Å²) >= 11 is 1.94. The molecule has 0 N–H and O–H groups in total. The Morgan fingerprint density at radius 2 is 1.92 bits per heavy atom. The predicted molar refractivity (Wildman–Crippen MR) is 59.1 cm³/mol. The third-order valence-corrected chi connectivity index (χ3v) is 3.13. The lowest BCUT2D eigenvalue weighted by Crippen LogP contribution is -1.88. The number of hydrogen-bond acceptors (Lipinski definition) is 1. The van der Waals surface area contributed by atoms with E-state index in [2.05, 4.69) is 43.3 Å². The Morgan fingerprint density at radius 3 is 2.54 bits per heavy atom. The minimum atomic E-state index is 0.625. The summed E-state index contributed by atoms with van der Waals surface area (Å²) in [5.74, 6) is 0. The Kier molecular flexibility index (Phi) is 2.74. The lowest BCUT2D eigenvalue weighted by molar-refractivity contribution is 1.23. The van der Waals surface area contributed by atoms with Gasteiger partial charge in [-0.15, -0.1) is 11.8 Å². The van der Waals surface area contributed by atoms with Crippen molar-refractivity contribution < 1.29 is 0 Å². The summed E-state index contributed by atoms with van der Waals surface area (Å²) in [6.07, 6.45) is 5.07. The topological polar surface area (TPSA) is 0 Å². The normalized spacial score (nSPS) is 16.8. The second kappa shape index (κ2) is 4.01. The van der Waals surface area contributed by atoms with Gasteiger partial charge in [0, 0.05) is 10.1 Å². The molecule has 0 aromatic heterocycles. The number of allylic oxidation sites excluding steroid dienone is 1. The highest BCUT2D eigenvalue weighted by Crippen LogP contribution is 2.32. The van der Waals surface area contributed by atoms with Crippen molar-refractivity contribution >= 4 is 11.8 Å². The molecule has 1 atom stereocenters. The second-order valence-corrected chi connectivity index (χ2v) is 4.91. The van der Waals surface area contributed by atoms with Crippen molar-refractivity contribution in [3.8, 4) is 0 Å². The van der Waals surface area contributed by atoms with Crippen molar-refractivity contribution in [1.29, 1.82) is 0 Å². The van der Waals surface area contributed by atoms with E-state index in [0.29, 0.717) is 5.25 Å².